The van der Waals surface area contributed by atoms with Gasteiger partial charge >= 0.3 is 64.0 Å². The van der Waals surface area contributed by atoms with Crippen molar-refractivity contribution in [1.82, 2.24) is 0 Å². The smallest absolute Gasteiger partial charge is 0.522 e. The second kappa shape index (κ2) is 6.45. The molecule has 96 valence electrons. The summed E-state index contributed by atoms with van der Waals surface area (Å²) >= 11 is 0. The van der Waals surface area contributed by atoms with Crippen molar-refractivity contribution in [2.45, 2.75) is 6.92 Å². The van der Waals surface area contributed by atoms with Gasteiger partial charge in [-0.05, 0) is 24.6 Å². The van der Waals surface area contributed by atoms with E-state index >= 15 is 0 Å². The number of aryl methyl sites for hydroxylation is 1. The molecule has 0 atom stereocenters. The van der Waals surface area contributed by atoms with Crippen LogP contribution in [0.25, 0.3) is 11.0 Å². The van der Waals surface area contributed by atoms with Crippen molar-refractivity contribution in [3.63, 3.8) is 0 Å². The molecule has 1 heterocycles. The third-order valence-electron chi connectivity index (χ3n) is 2.36. The zero-order chi connectivity index (χ0) is 13.3. The van der Waals surface area contributed by atoms with Crippen LogP contribution in [-0.4, -0.2) is 13.5 Å². The van der Waals surface area contributed by atoms with E-state index in [9.17, 15) is 17.7 Å². The topological polar surface area (TPSA) is 39.4 Å². The molecule has 0 N–H and O–H groups in total. The van der Waals surface area contributed by atoms with E-state index in [1.807, 2.05) is 0 Å². The fourth-order valence-corrected chi connectivity index (χ4v) is 1.59. The second-order valence-corrected chi connectivity index (χ2v) is 3.93. The Labute approximate surface area is 149 Å². The van der Waals surface area contributed by atoms with Gasteiger partial charge in [0, 0.05) is 17.5 Å². The average molecular weight is 296 g/mol. The van der Waals surface area contributed by atoms with E-state index in [0.717, 1.165) is 0 Å². The van der Waals surface area contributed by atoms with E-state index in [1.54, 1.807) is 13.0 Å². The van der Waals surface area contributed by atoms with E-state index in [1.165, 1.54) is 18.2 Å². The molecule has 1 aromatic carbocycles. The molecule has 0 saturated heterocycles. The SMILES string of the molecule is Cc1cc(=O)oc2cc(OC[B-](F)(F)F)ccc12.[K+]. The van der Waals surface area contributed by atoms with Gasteiger partial charge in [0.15, 0.2) is 0 Å². The van der Waals surface area contributed by atoms with Gasteiger partial charge in [-0.15, -0.1) is 0 Å². The van der Waals surface area contributed by atoms with Crippen molar-refractivity contribution in [2.75, 3.05) is 6.51 Å². The fourth-order valence-electron chi connectivity index (χ4n) is 1.59. The first-order chi connectivity index (χ1) is 8.35. The predicted molar refractivity (Wildman–Crippen MR) is 61.8 cm³/mol. The number of ether oxygens (including phenoxy) is 1. The van der Waals surface area contributed by atoms with E-state index in [4.69, 9.17) is 4.42 Å². The number of hydrogen-bond donors (Lipinski definition) is 0. The van der Waals surface area contributed by atoms with Crippen molar-refractivity contribution >= 4 is 17.9 Å². The molecular formula is C11H9BF3KO3. The number of benzene rings is 1. The van der Waals surface area contributed by atoms with Crippen molar-refractivity contribution in [2.24, 2.45) is 0 Å². The van der Waals surface area contributed by atoms with Crippen LogP contribution >= 0.6 is 0 Å². The molecule has 0 spiro atoms. The van der Waals surface area contributed by atoms with Crippen LogP contribution in [-0.2, 0) is 0 Å². The van der Waals surface area contributed by atoms with Gasteiger partial charge in [-0.25, -0.2) is 4.79 Å². The van der Waals surface area contributed by atoms with Crippen molar-refractivity contribution < 1.29 is 73.5 Å². The Balaban J connectivity index is 0.00000180. The van der Waals surface area contributed by atoms with Gasteiger partial charge in [-0.2, -0.15) is 0 Å². The minimum absolute atomic E-state index is 0. The second-order valence-electron chi connectivity index (χ2n) is 3.93. The summed E-state index contributed by atoms with van der Waals surface area (Å²) in [5.41, 5.74) is 0.372. The summed E-state index contributed by atoms with van der Waals surface area (Å²) in [6.07, 6.45) is 0. The Morgan fingerprint density at radius 3 is 2.58 bits per heavy atom. The zero-order valence-electron chi connectivity index (χ0n) is 10.5. The van der Waals surface area contributed by atoms with Crippen LogP contribution < -0.4 is 61.7 Å². The van der Waals surface area contributed by atoms with E-state index in [0.29, 0.717) is 10.9 Å². The first kappa shape index (κ1) is 16.8. The van der Waals surface area contributed by atoms with Crippen LogP contribution in [0.5, 0.6) is 5.75 Å². The van der Waals surface area contributed by atoms with Gasteiger partial charge in [0.2, 0.25) is 0 Å². The monoisotopic (exact) mass is 296 g/mol. The first-order valence-corrected chi connectivity index (χ1v) is 5.23. The number of rotatable bonds is 3. The van der Waals surface area contributed by atoms with Crippen molar-refractivity contribution in [1.29, 1.82) is 0 Å². The molecule has 0 aliphatic carbocycles. The van der Waals surface area contributed by atoms with Gasteiger partial charge in [0.1, 0.15) is 11.3 Å². The summed E-state index contributed by atoms with van der Waals surface area (Å²) in [6, 6.07) is 5.58. The fraction of sp³-hybridized carbons (Fsp3) is 0.182. The molecule has 2 rings (SSSR count). The number of fused-ring (bicyclic) bond motifs is 1. The molecule has 19 heavy (non-hydrogen) atoms. The van der Waals surface area contributed by atoms with Crippen LogP contribution in [0.3, 0.4) is 0 Å². The van der Waals surface area contributed by atoms with Gasteiger partial charge in [-0.1, -0.05) is 0 Å². The molecule has 0 aliphatic heterocycles. The van der Waals surface area contributed by atoms with Crippen LogP contribution in [0.2, 0.25) is 0 Å². The first-order valence-electron chi connectivity index (χ1n) is 5.23. The average Bonchev–Trinajstić information content (AvgIpc) is 2.24. The minimum Gasteiger partial charge on any atom is -0.522 e. The molecular weight excluding hydrogens is 287 g/mol. The molecule has 3 nitrogen and oxygen atoms in total. The standard InChI is InChI=1S/C11H9BF3O3.K/c1-7-4-11(16)18-10-5-8(2-3-9(7)10)17-6-12(13,14)15;/h2-5H,6H2,1H3;/q-1;+1. The minimum atomic E-state index is -5.00. The Morgan fingerprint density at radius 1 is 1.26 bits per heavy atom. The van der Waals surface area contributed by atoms with Gasteiger partial charge < -0.3 is 22.1 Å². The summed E-state index contributed by atoms with van der Waals surface area (Å²) in [4.78, 5) is 11.1. The van der Waals surface area contributed by atoms with Crippen molar-refractivity contribution in [3.05, 3.63) is 40.2 Å². The Morgan fingerprint density at radius 2 is 1.95 bits per heavy atom. The molecule has 0 aliphatic rings. The van der Waals surface area contributed by atoms with Crippen LogP contribution in [0.15, 0.2) is 33.5 Å². The normalized spacial score (nSPS) is 11.2. The molecule has 0 saturated carbocycles. The van der Waals surface area contributed by atoms with Crippen molar-refractivity contribution in [3.8, 4) is 5.75 Å². The summed E-state index contributed by atoms with van der Waals surface area (Å²) < 4.78 is 45.6. The number of hydrogen-bond acceptors (Lipinski definition) is 3. The maximum Gasteiger partial charge on any atom is 1.00 e. The molecule has 8 heteroatoms. The predicted octanol–water partition coefficient (Wildman–Crippen LogP) is -0.129. The summed E-state index contributed by atoms with van der Waals surface area (Å²) in [6.45, 7) is -4.60. The van der Waals surface area contributed by atoms with E-state index in [-0.39, 0.29) is 62.7 Å². The third kappa shape index (κ3) is 4.64. The Hall–Kier alpha value is -0.279. The number of halogens is 3. The molecule has 0 amide bonds. The third-order valence-corrected chi connectivity index (χ3v) is 2.36. The van der Waals surface area contributed by atoms with E-state index in [2.05, 4.69) is 4.74 Å². The molecule has 0 radical (unpaired) electrons. The van der Waals surface area contributed by atoms with Crippen LogP contribution in [0, 0.1) is 6.92 Å². The van der Waals surface area contributed by atoms with Gasteiger partial charge in [0.25, 0.3) is 0 Å². The molecule has 2 aromatic rings. The molecule has 0 fully saturated rings. The maximum absolute atomic E-state index is 12.0. The Kier molecular flexibility index (Phi) is 5.69. The van der Waals surface area contributed by atoms with Crippen LogP contribution in [0.1, 0.15) is 5.56 Å². The maximum atomic E-state index is 12.0. The molecule has 1 aromatic heterocycles. The summed E-state index contributed by atoms with van der Waals surface area (Å²) in [7, 11) is 0. The molecule has 0 bridgehead atoms. The summed E-state index contributed by atoms with van der Waals surface area (Å²) in [5, 5.41) is 0.666. The Bertz CT molecular complexity index is 639. The van der Waals surface area contributed by atoms with E-state index < -0.39 is 19.1 Å². The van der Waals surface area contributed by atoms with Crippen LogP contribution in [0.4, 0.5) is 12.9 Å². The quantitative estimate of drug-likeness (QED) is 0.585. The largest absolute Gasteiger partial charge is 1.00 e. The van der Waals surface area contributed by atoms with Gasteiger partial charge in [0.05, 0.1) is 6.51 Å². The molecule has 0 unspecified atom stereocenters. The summed E-state index contributed by atoms with van der Waals surface area (Å²) in [5.74, 6) is 0.0236. The van der Waals surface area contributed by atoms with Gasteiger partial charge in [-0.3, -0.25) is 0 Å². The zero-order valence-corrected chi connectivity index (χ0v) is 13.6.